The molecule has 1 aromatic carbocycles. The molecule has 0 saturated carbocycles. The number of hydrogen-bond donors (Lipinski definition) is 1. The molecule has 0 spiro atoms. The summed E-state index contributed by atoms with van der Waals surface area (Å²) in [6.07, 6.45) is 6.38. The molecule has 8 nitrogen and oxygen atoms in total. The number of piperidine rings is 1. The van der Waals surface area contributed by atoms with E-state index in [4.69, 9.17) is 38.4 Å². The summed E-state index contributed by atoms with van der Waals surface area (Å²) in [5.41, 5.74) is 8.01. The van der Waals surface area contributed by atoms with Crippen LogP contribution in [0.1, 0.15) is 58.2 Å². The molecule has 3 aromatic rings. The number of likely N-dealkylation sites (tertiary alicyclic amines) is 1. The number of nitrogens with two attached hydrogens (primary N) is 1. The summed E-state index contributed by atoms with van der Waals surface area (Å²) in [6.45, 7) is 8.73. The number of aromatic nitrogens is 3. The molecule has 2 aromatic heterocycles. The number of pyridine rings is 1. The summed E-state index contributed by atoms with van der Waals surface area (Å²) >= 11 is 12.7. The number of halogens is 2. The smallest absolute Gasteiger partial charge is 0.410 e. The largest absolute Gasteiger partial charge is 0.482 e. The van der Waals surface area contributed by atoms with Crippen LogP contribution in [0.25, 0.3) is 11.1 Å². The number of benzene rings is 1. The zero-order valence-electron chi connectivity index (χ0n) is 20.9. The predicted molar refractivity (Wildman–Crippen MR) is 141 cm³/mol. The van der Waals surface area contributed by atoms with E-state index in [1.165, 1.54) is 0 Å². The second-order valence-electron chi connectivity index (χ2n) is 9.91. The number of rotatable bonds is 5. The quantitative estimate of drug-likeness (QED) is 0.401. The fraction of sp³-hybridized carbons (Fsp3) is 0.423. The Morgan fingerprint density at radius 2 is 1.81 bits per heavy atom. The molecule has 4 rings (SSSR count). The molecule has 1 aliphatic heterocycles. The van der Waals surface area contributed by atoms with E-state index in [0.29, 0.717) is 34.4 Å². The van der Waals surface area contributed by atoms with E-state index in [9.17, 15) is 4.79 Å². The molecule has 1 fully saturated rings. The van der Waals surface area contributed by atoms with Crippen LogP contribution in [0, 0.1) is 0 Å². The van der Waals surface area contributed by atoms with Crippen LogP contribution in [-0.4, -0.2) is 44.4 Å². The first-order valence-corrected chi connectivity index (χ1v) is 12.7. The maximum atomic E-state index is 12.3. The molecule has 3 heterocycles. The van der Waals surface area contributed by atoms with Crippen molar-refractivity contribution in [3.8, 4) is 16.9 Å². The van der Waals surface area contributed by atoms with Crippen molar-refractivity contribution in [3.05, 3.63) is 58.5 Å². The Morgan fingerprint density at radius 3 is 2.44 bits per heavy atom. The Hall–Kier alpha value is -2.97. The van der Waals surface area contributed by atoms with Crippen molar-refractivity contribution in [1.82, 2.24) is 19.7 Å². The van der Waals surface area contributed by atoms with Gasteiger partial charge in [0.25, 0.3) is 0 Å². The second-order valence-corrected chi connectivity index (χ2v) is 10.7. The molecule has 1 unspecified atom stereocenters. The standard InChI is InChI=1S/C26H31Cl2N5O3/c1-16(23-20(27)6-5-7-21(23)28)35-22-12-17(13-30-24(22)29)18-14-31-33(15-18)19-8-10-32(11-9-19)25(34)36-26(2,3)4/h5-7,12-16,19H,8-11H2,1-4H3,(H2,29,30). The highest BCUT2D eigenvalue weighted by molar-refractivity contribution is 6.36. The third kappa shape index (κ3) is 6.05. The summed E-state index contributed by atoms with van der Waals surface area (Å²) in [5, 5.41) is 5.63. The van der Waals surface area contributed by atoms with Gasteiger partial charge in [-0.3, -0.25) is 4.68 Å². The molecule has 0 aliphatic carbocycles. The van der Waals surface area contributed by atoms with Crippen molar-refractivity contribution in [2.24, 2.45) is 0 Å². The van der Waals surface area contributed by atoms with Gasteiger partial charge >= 0.3 is 6.09 Å². The summed E-state index contributed by atoms with van der Waals surface area (Å²) in [7, 11) is 0. The summed E-state index contributed by atoms with van der Waals surface area (Å²) in [5.74, 6) is 0.713. The van der Waals surface area contributed by atoms with Gasteiger partial charge < -0.3 is 20.1 Å². The molecule has 1 atom stereocenters. The Morgan fingerprint density at radius 1 is 1.14 bits per heavy atom. The van der Waals surface area contributed by atoms with Crippen LogP contribution < -0.4 is 10.5 Å². The van der Waals surface area contributed by atoms with E-state index in [0.717, 1.165) is 24.0 Å². The molecule has 0 bridgehead atoms. The van der Waals surface area contributed by atoms with Gasteiger partial charge in [-0.25, -0.2) is 9.78 Å². The normalized spacial score (nSPS) is 15.6. The van der Waals surface area contributed by atoms with Gasteiger partial charge in [0.15, 0.2) is 11.6 Å². The van der Waals surface area contributed by atoms with Crippen molar-refractivity contribution in [1.29, 1.82) is 0 Å². The number of hydrogen-bond acceptors (Lipinski definition) is 6. The molecule has 10 heteroatoms. The number of carbonyl (C=O) groups excluding carboxylic acids is 1. The highest BCUT2D eigenvalue weighted by Crippen LogP contribution is 2.36. The highest BCUT2D eigenvalue weighted by Gasteiger charge is 2.28. The van der Waals surface area contributed by atoms with Gasteiger partial charge in [-0.1, -0.05) is 29.3 Å². The number of nitrogen functional groups attached to an aromatic ring is 1. The Kier molecular flexibility index (Phi) is 7.66. The van der Waals surface area contributed by atoms with E-state index in [1.807, 2.05) is 44.6 Å². The average molecular weight is 532 g/mol. The first kappa shape index (κ1) is 26.1. The van der Waals surface area contributed by atoms with Crippen LogP contribution in [0.5, 0.6) is 5.75 Å². The summed E-state index contributed by atoms with van der Waals surface area (Å²) < 4.78 is 13.6. The lowest BCUT2D eigenvalue weighted by molar-refractivity contribution is 0.0185. The Labute approximate surface area is 221 Å². The minimum absolute atomic E-state index is 0.192. The minimum Gasteiger partial charge on any atom is -0.482 e. The van der Waals surface area contributed by atoms with E-state index < -0.39 is 11.7 Å². The monoisotopic (exact) mass is 531 g/mol. The van der Waals surface area contributed by atoms with Gasteiger partial charge in [0.1, 0.15) is 11.7 Å². The van der Waals surface area contributed by atoms with Gasteiger partial charge in [-0.05, 0) is 58.7 Å². The molecule has 0 radical (unpaired) electrons. The van der Waals surface area contributed by atoms with Gasteiger partial charge in [0.2, 0.25) is 0 Å². The van der Waals surface area contributed by atoms with Gasteiger partial charge in [-0.2, -0.15) is 5.10 Å². The van der Waals surface area contributed by atoms with Gasteiger partial charge in [-0.15, -0.1) is 0 Å². The van der Waals surface area contributed by atoms with Crippen molar-refractivity contribution in [3.63, 3.8) is 0 Å². The third-order valence-corrected chi connectivity index (χ3v) is 6.68. The number of carbonyl (C=O) groups is 1. The van der Waals surface area contributed by atoms with Crippen molar-refractivity contribution in [2.45, 2.75) is 58.3 Å². The maximum Gasteiger partial charge on any atom is 0.410 e. The molecule has 2 N–H and O–H groups in total. The third-order valence-electron chi connectivity index (χ3n) is 6.02. The SMILES string of the molecule is CC(Oc1cc(-c2cnn(C3CCN(C(=O)OC(C)(C)C)CC3)c2)cnc1N)c1c(Cl)cccc1Cl. The molecule has 1 saturated heterocycles. The summed E-state index contributed by atoms with van der Waals surface area (Å²) in [6, 6.07) is 7.37. The predicted octanol–water partition coefficient (Wildman–Crippen LogP) is 6.55. The topological polar surface area (TPSA) is 95.5 Å². The lowest BCUT2D eigenvalue weighted by Gasteiger charge is -2.33. The zero-order chi connectivity index (χ0) is 26.0. The van der Waals surface area contributed by atoms with E-state index in [2.05, 4.69) is 10.1 Å². The number of ether oxygens (including phenoxy) is 2. The number of nitrogens with zero attached hydrogens (tertiary/aromatic N) is 4. The van der Waals surface area contributed by atoms with E-state index in [-0.39, 0.29) is 18.0 Å². The molecule has 36 heavy (non-hydrogen) atoms. The number of amides is 1. The Bertz CT molecular complexity index is 1210. The van der Waals surface area contributed by atoms with E-state index >= 15 is 0 Å². The van der Waals surface area contributed by atoms with Gasteiger partial charge in [0.05, 0.1) is 12.2 Å². The van der Waals surface area contributed by atoms with Crippen molar-refractivity contribution >= 4 is 35.1 Å². The van der Waals surface area contributed by atoms with Crippen LogP contribution in [0.2, 0.25) is 10.0 Å². The van der Waals surface area contributed by atoms with Crippen LogP contribution in [-0.2, 0) is 4.74 Å². The van der Waals surface area contributed by atoms with Crippen LogP contribution in [0.3, 0.4) is 0 Å². The zero-order valence-corrected chi connectivity index (χ0v) is 22.4. The fourth-order valence-electron chi connectivity index (χ4n) is 4.18. The van der Waals surface area contributed by atoms with Crippen LogP contribution in [0.15, 0.2) is 42.9 Å². The molecule has 192 valence electrons. The van der Waals surface area contributed by atoms with Crippen LogP contribution in [0.4, 0.5) is 10.6 Å². The van der Waals surface area contributed by atoms with E-state index in [1.54, 1.807) is 35.5 Å². The first-order valence-electron chi connectivity index (χ1n) is 11.9. The summed E-state index contributed by atoms with van der Waals surface area (Å²) in [4.78, 5) is 18.4. The molecular formula is C26H31Cl2N5O3. The lowest BCUT2D eigenvalue weighted by atomic mass is 10.1. The average Bonchev–Trinajstić information content (AvgIpc) is 3.30. The van der Waals surface area contributed by atoms with Crippen LogP contribution >= 0.6 is 23.2 Å². The minimum atomic E-state index is -0.502. The second kappa shape index (κ2) is 10.6. The molecule has 1 amide bonds. The lowest BCUT2D eigenvalue weighted by Crippen LogP contribution is -2.42. The molecule has 1 aliphatic rings. The fourth-order valence-corrected chi connectivity index (χ4v) is 4.89. The van der Waals surface area contributed by atoms with Crippen molar-refractivity contribution < 1.29 is 14.3 Å². The van der Waals surface area contributed by atoms with Crippen molar-refractivity contribution in [2.75, 3.05) is 18.8 Å². The maximum absolute atomic E-state index is 12.3. The Balaban J connectivity index is 1.44. The first-order chi connectivity index (χ1) is 17.0. The molecular weight excluding hydrogens is 501 g/mol. The van der Waals surface area contributed by atoms with Gasteiger partial charge in [0, 0.05) is 52.2 Å². The number of anilines is 1. The highest BCUT2D eigenvalue weighted by atomic mass is 35.5.